The van der Waals surface area contributed by atoms with Crippen LogP contribution < -0.4 is 16.0 Å². The van der Waals surface area contributed by atoms with E-state index in [0.717, 1.165) is 73.9 Å². The summed E-state index contributed by atoms with van der Waals surface area (Å²) < 4.78 is 5.28. The van der Waals surface area contributed by atoms with Gasteiger partial charge in [0.05, 0.1) is 24.4 Å². The standard InChI is InChI=1S/C33H42N4O4/c1-3-4-11-26-27(23-13-14-23)18-24(19-28(26)33(40)35-20-25-16-21(2)37-41-25)32(39)36-30(17-22-9-6-5-7-10-22)31(38)29-12-8-15-34-29/h5-7,9-10,16,18-19,23,29-31,34,38H,3-4,8,11-15,17,20H2,1-2H3,(H,35,40)(H,36,39)/t29-,30+,31-/m1/s1. The van der Waals surface area contributed by atoms with E-state index in [9.17, 15) is 14.7 Å². The number of nitrogens with zero attached hydrogens (tertiary/aromatic N) is 1. The van der Waals surface area contributed by atoms with Gasteiger partial charge < -0.3 is 25.6 Å². The molecule has 2 fully saturated rings. The SMILES string of the molecule is CCCCc1c(C(=O)NCc2cc(C)no2)cc(C(=O)N[C@@H](Cc2ccccc2)[C@H](O)[C@H]2CCCN2)cc1C1CC1. The van der Waals surface area contributed by atoms with Crippen LogP contribution in [0.25, 0.3) is 0 Å². The highest BCUT2D eigenvalue weighted by Gasteiger charge is 2.33. The Morgan fingerprint density at radius 1 is 1.12 bits per heavy atom. The minimum Gasteiger partial charge on any atom is -0.389 e. The Kier molecular flexibility index (Phi) is 9.52. The van der Waals surface area contributed by atoms with Crippen molar-refractivity contribution in [3.63, 3.8) is 0 Å². The van der Waals surface area contributed by atoms with E-state index >= 15 is 0 Å². The summed E-state index contributed by atoms with van der Waals surface area (Å²) in [5, 5.41) is 24.7. The molecule has 1 aliphatic carbocycles. The zero-order valence-electron chi connectivity index (χ0n) is 24.1. The third-order valence-electron chi connectivity index (χ3n) is 8.23. The molecule has 5 rings (SSSR count). The number of carbonyl (C=O) groups excluding carboxylic acids is 2. The molecule has 2 heterocycles. The molecule has 0 spiro atoms. The van der Waals surface area contributed by atoms with Crippen LogP contribution in [0.5, 0.6) is 0 Å². The number of hydrogen-bond acceptors (Lipinski definition) is 6. The third kappa shape index (κ3) is 7.43. The maximum atomic E-state index is 13.8. The van der Waals surface area contributed by atoms with Gasteiger partial charge in [0.2, 0.25) is 0 Å². The summed E-state index contributed by atoms with van der Waals surface area (Å²) in [6.45, 7) is 5.07. The van der Waals surface area contributed by atoms with Crippen molar-refractivity contribution in [2.24, 2.45) is 0 Å². The molecule has 1 saturated heterocycles. The van der Waals surface area contributed by atoms with Gasteiger partial charge in [0.1, 0.15) is 0 Å². The summed E-state index contributed by atoms with van der Waals surface area (Å²) in [6.07, 6.45) is 6.54. The highest BCUT2D eigenvalue weighted by atomic mass is 16.5. The molecule has 2 amide bonds. The summed E-state index contributed by atoms with van der Waals surface area (Å²) in [4.78, 5) is 27.4. The number of unbranched alkanes of at least 4 members (excludes halogenated alkanes) is 1. The first kappa shape index (κ1) is 29.0. The number of aryl methyl sites for hydroxylation is 1. The van der Waals surface area contributed by atoms with Crippen molar-refractivity contribution in [3.05, 3.63) is 87.8 Å². The largest absolute Gasteiger partial charge is 0.389 e. The molecular formula is C33H42N4O4. The molecule has 8 nitrogen and oxygen atoms in total. The number of aliphatic hydroxyl groups excluding tert-OH is 1. The number of aromatic nitrogens is 1. The van der Waals surface area contributed by atoms with Crippen molar-refractivity contribution in [3.8, 4) is 0 Å². The molecule has 1 aliphatic heterocycles. The van der Waals surface area contributed by atoms with Crippen LogP contribution in [-0.2, 0) is 19.4 Å². The van der Waals surface area contributed by atoms with E-state index in [1.807, 2.05) is 43.3 Å². The molecule has 2 aliphatic rings. The van der Waals surface area contributed by atoms with Gasteiger partial charge in [-0.05, 0) is 93.2 Å². The first-order valence-electron chi connectivity index (χ1n) is 15.1. The molecule has 41 heavy (non-hydrogen) atoms. The number of benzene rings is 2. The van der Waals surface area contributed by atoms with Crippen LogP contribution >= 0.6 is 0 Å². The van der Waals surface area contributed by atoms with Crippen molar-refractivity contribution in [1.29, 1.82) is 0 Å². The Hall–Kier alpha value is -3.49. The molecule has 0 bridgehead atoms. The zero-order chi connectivity index (χ0) is 28.8. The average Bonchev–Trinajstić information content (AvgIpc) is 3.51. The Labute approximate surface area is 242 Å². The van der Waals surface area contributed by atoms with Crippen LogP contribution in [0.2, 0.25) is 0 Å². The summed E-state index contributed by atoms with van der Waals surface area (Å²) in [6, 6.07) is 14.9. The van der Waals surface area contributed by atoms with Crippen LogP contribution in [0.3, 0.4) is 0 Å². The Bertz CT molecular complexity index is 1330. The van der Waals surface area contributed by atoms with Gasteiger partial charge in [0.25, 0.3) is 11.8 Å². The number of carbonyl (C=O) groups is 2. The normalized spacial score (nSPS) is 18.2. The first-order valence-corrected chi connectivity index (χ1v) is 15.1. The second-order valence-electron chi connectivity index (χ2n) is 11.5. The number of amides is 2. The fourth-order valence-corrected chi connectivity index (χ4v) is 5.84. The van der Waals surface area contributed by atoms with Gasteiger partial charge >= 0.3 is 0 Å². The average molecular weight is 559 g/mol. The van der Waals surface area contributed by atoms with Gasteiger partial charge in [-0.15, -0.1) is 0 Å². The highest BCUT2D eigenvalue weighted by Crippen LogP contribution is 2.43. The number of rotatable bonds is 13. The lowest BCUT2D eigenvalue weighted by Crippen LogP contribution is -2.52. The van der Waals surface area contributed by atoms with Crippen molar-refractivity contribution >= 4 is 11.8 Å². The topological polar surface area (TPSA) is 116 Å². The zero-order valence-corrected chi connectivity index (χ0v) is 24.1. The monoisotopic (exact) mass is 558 g/mol. The predicted octanol–water partition coefficient (Wildman–Crippen LogP) is 4.59. The van der Waals surface area contributed by atoms with E-state index in [-0.39, 0.29) is 24.4 Å². The summed E-state index contributed by atoms with van der Waals surface area (Å²) in [5.41, 5.74) is 4.94. The van der Waals surface area contributed by atoms with E-state index in [1.165, 1.54) is 0 Å². The molecule has 3 aromatic rings. The van der Waals surface area contributed by atoms with E-state index in [0.29, 0.717) is 29.2 Å². The second-order valence-corrected chi connectivity index (χ2v) is 11.5. The van der Waals surface area contributed by atoms with E-state index < -0.39 is 12.1 Å². The van der Waals surface area contributed by atoms with Crippen molar-refractivity contribution in [2.75, 3.05) is 6.54 Å². The molecule has 4 N–H and O–H groups in total. The van der Waals surface area contributed by atoms with Gasteiger partial charge in [-0.1, -0.05) is 48.8 Å². The molecular weight excluding hydrogens is 516 g/mol. The number of hydrogen-bond donors (Lipinski definition) is 4. The van der Waals surface area contributed by atoms with Gasteiger partial charge in [-0.3, -0.25) is 9.59 Å². The van der Waals surface area contributed by atoms with Crippen LogP contribution in [-0.4, -0.2) is 46.8 Å². The smallest absolute Gasteiger partial charge is 0.251 e. The van der Waals surface area contributed by atoms with Crippen LogP contribution in [0.15, 0.2) is 53.1 Å². The minimum absolute atomic E-state index is 0.0662. The van der Waals surface area contributed by atoms with E-state index in [1.54, 1.807) is 12.1 Å². The fraction of sp³-hybridized carbons (Fsp3) is 0.485. The molecule has 3 atom stereocenters. The number of aliphatic hydroxyl groups is 1. The van der Waals surface area contributed by atoms with Crippen molar-refractivity contribution in [2.45, 2.75) is 95.9 Å². The molecule has 1 saturated carbocycles. The lowest BCUT2D eigenvalue weighted by molar-refractivity contribution is 0.0738. The van der Waals surface area contributed by atoms with Gasteiger partial charge in [0, 0.05) is 23.2 Å². The van der Waals surface area contributed by atoms with Crippen LogP contribution in [0, 0.1) is 6.92 Å². The Balaban J connectivity index is 1.43. The predicted molar refractivity (Wildman–Crippen MR) is 158 cm³/mol. The number of nitrogens with one attached hydrogen (secondary N) is 3. The van der Waals surface area contributed by atoms with Gasteiger partial charge in [-0.25, -0.2) is 0 Å². The van der Waals surface area contributed by atoms with Crippen molar-refractivity contribution in [1.82, 2.24) is 21.1 Å². The molecule has 218 valence electrons. The van der Waals surface area contributed by atoms with Gasteiger partial charge in [0.15, 0.2) is 5.76 Å². The van der Waals surface area contributed by atoms with E-state index in [2.05, 4.69) is 28.0 Å². The van der Waals surface area contributed by atoms with E-state index in [4.69, 9.17) is 4.52 Å². The lowest BCUT2D eigenvalue weighted by Gasteiger charge is -2.29. The molecule has 1 aromatic heterocycles. The Morgan fingerprint density at radius 2 is 1.93 bits per heavy atom. The lowest BCUT2D eigenvalue weighted by atomic mass is 9.90. The molecule has 0 radical (unpaired) electrons. The maximum absolute atomic E-state index is 13.8. The minimum atomic E-state index is -0.735. The maximum Gasteiger partial charge on any atom is 0.251 e. The summed E-state index contributed by atoms with van der Waals surface area (Å²) in [7, 11) is 0. The third-order valence-corrected chi connectivity index (χ3v) is 8.23. The first-order chi connectivity index (χ1) is 19.9. The van der Waals surface area contributed by atoms with Crippen LogP contribution in [0.4, 0.5) is 0 Å². The second kappa shape index (κ2) is 13.4. The molecule has 8 heteroatoms. The molecule has 2 aromatic carbocycles. The van der Waals surface area contributed by atoms with Gasteiger partial charge in [-0.2, -0.15) is 0 Å². The molecule has 0 unspecified atom stereocenters. The quantitative estimate of drug-likeness (QED) is 0.244. The fourth-order valence-electron chi connectivity index (χ4n) is 5.84. The van der Waals surface area contributed by atoms with Crippen LogP contribution in [0.1, 0.15) is 100 Å². The Morgan fingerprint density at radius 3 is 2.59 bits per heavy atom. The summed E-state index contributed by atoms with van der Waals surface area (Å²) >= 11 is 0. The van der Waals surface area contributed by atoms with Crippen molar-refractivity contribution < 1.29 is 19.2 Å². The highest BCUT2D eigenvalue weighted by molar-refractivity contribution is 6.01. The summed E-state index contributed by atoms with van der Waals surface area (Å²) in [5.74, 6) is 0.455.